The van der Waals surface area contributed by atoms with E-state index in [1.807, 2.05) is 24.3 Å². The summed E-state index contributed by atoms with van der Waals surface area (Å²) in [5.74, 6) is 0.0794. The topological polar surface area (TPSA) is 55.8 Å². The third-order valence-electron chi connectivity index (χ3n) is 7.59. The van der Waals surface area contributed by atoms with Crippen LogP contribution >= 0.6 is 23.2 Å². The van der Waals surface area contributed by atoms with Gasteiger partial charge >= 0.3 is 0 Å². The van der Waals surface area contributed by atoms with E-state index < -0.39 is 12.1 Å². The molecule has 2 fully saturated rings. The van der Waals surface area contributed by atoms with Crippen molar-refractivity contribution in [3.05, 3.63) is 58.1 Å². The highest BCUT2D eigenvalue weighted by molar-refractivity contribution is 6.31. The number of aromatic nitrogens is 2. The summed E-state index contributed by atoms with van der Waals surface area (Å²) in [5, 5.41) is 0.755. The Hall–Kier alpha value is -1.61. The number of carbonyl (C=O) groups is 1. The molecule has 0 spiro atoms. The number of Topliss-reactive ketones (excluding diaryl/α,β-unsaturated/α-hetero) is 1. The molecule has 2 aliphatic heterocycles. The molecule has 0 saturated carbocycles. The van der Waals surface area contributed by atoms with Gasteiger partial charge in [-0.15, -0.1) is 0 Å². The quantitative estimate of drug-likeness (QED) is 0.472. The molecule has 4 heterocycles. The van der Waals surface area contributed by atoms with Crippen molar-refractivity contribution in [2.75, 3.05) is 52.4 Å². The van der Waals surface area contributed by atoms with Gasteiger partial charge in [0.25, 0.3) is 0 Å². The van der Waals surface area contributed by atoms with E-state index in [1.165, 1.54) is 0 Å². The molecule has 196 valence electrons. The Morgan fingerprint density at radius 1 is 0.667 bits per heavy atom. The number of hydrogen-bond donors (Lipinski definition) is 0. The number of nitrogens with zero attached hydrogens (tertiary/aromatic N) is 6. The molecule has 2 unspecified atom stereocenters. The number of carbonyl (C=O) groups excluding carboxylic acids is 1. The highest BCUT2D eigenvalue weighted by atomic mass is 35.5. The Balaban J connectivity index is 1.71. The molecule has 2 aliphatic rings. The molecule has 4 rings (SSSR count). The Labute approximate surface area is 225 Å². The maximum atomic E-state index is 14.7. The number of ketones is 1. The van der Waals surface area contributed by atoms with E-state index in [4.69, 9.17) is 23.2 Å². The average molecular weight is 534 g/mol. The van der Waals surface area contributed by atoms with Crippen LogP contribution in [-0.4, -0.2) is 99.8 Å². The lowest BCUT2D eigenvalue weighted by atomic mass is 9.91. The van der Waals surface area contributed by atoms with Gasteiger partial charge in [0.05, 0.1) is 12.1 Å². The third-order valence-corrected chi connectivity index (χ3v) is 8.22. The normalized spacial score (nSPS) is 20.7. The molecular weight excluding hydrogens is 495 g/mol. The molecule has 0 bridgehead atoms. The van der Waals surface area contributed by atoms with Crippen LogP contribution in [0.15, 0.2) is 36.7 Å². The second-order valence-corrected chi connectivity index (χ2v) is 11.0. The zero-order valence-corrected chi connectivity index (χ0v) is 23.3. The summed E-state index contributed by atoms with van der Waals surface area (Å²) in [5.41, 5.74) is 1.51. The first-order valence-corrected chi connectivity index (χ1v) is 13.7. The summed E-state index contributed by atoms with van der Waals surface area (Å²) >= 11 is 13.2. The molecule has 9 heteroatoms. The van der Waals surface area contributed by atoms with E-state index in [2.05, 4.69) is 57.3 Å². The van der Waals surface area contributed by atoms with E-state index in [0.717, 1.165) is 63.5 Å². The molecule has 2 saturated heterocycles. The van der Waals surface area contributed by atoms with Crippen molar-refractivity contribution >= 4 is 29.0 Å². The van der Waals surface area contributed by atoms with E-state index in [9.17, 15) is 4.79 Å². The van der Waals surface area contributed by atoms with E-state index >= 15 is 0 Å². The Kier molecular flexibility index (Phi) is 9.36. The largest absolute Gasteiger partial charge is 0.298 e. The first kappa shape index (κ1) is 27.4. The van der Waals surface area contributed by atoms with Crippen LogP contribution < -0.4 is 0 Å². The number of piperazine rings is 2. The third kappa shape index (κ3) is 6.09. The van der Waals surface area contributed by atoms with Crippen LogP contribution in [0.4, 0.5) is 0 Å². The van der Waals surface area contributed by atoms with E-state index in [-0.39, 0.29) is 5.78 Å². The van der Waals surface area contributed by atoms with Gasteiger partial charge in [-0.1, -0.05) is 35.3 Å². The lowest BCUT2D eigenvalue weighted by molar-refractivity contribution is -0.132. The molecule has 0 aliphatic carbocycles. The van der Waals surface area contributed by atoms with Crippen molar-refractivity contribution in [3.63, 3.8) is 0 Å². The summed E-state index contributed by atoms with van der Waals surface area (Å²) in [6.45, 7) is 15.6. The molecule has 0 aromatic carbocycles. The van der Waals surface area contributed by atoms with Gasteiger partial charge in [0, 0.05) is 88.0 Å². The molecule has 2 aromatic rings. The van der Waals surface area contributed by atoms with Crippen molar-refractivity contribution < 1.29 is 4.79 Å². The number of pyridine rings is 2. The van der Waals surface area contributed by atoms with Crippen LogP contribution in [0.3, 0.4) is 0 Å². The minimum atomic E-state index is -0.509. The van der Waals surface area contributed by atoms with Crippen molar-refractivity contribution in [3.8, 4) is 0 Å². The standard InChI is InChI=1S/C27H38Cl2N6O/c1-19(2)32-11-15-34(16-12-32)23(21-7-5-9-30-26(21)28)25(36)24(22-8-6-10-31-27(22)29)35-17-13-33(14-18-35)20(3)4/h5-10,19-20,23-24H,11-18H2,1-4H3. The van der Waals surface area contributed by atoms with Crippen LogP contribution in [0, 0.1) is 0 Å². The lowest BCUT2D eigenvalue weighted by Crippen LogP contribution is -2.54. The van der Waals surface area contributed by atoms with Gasteiger partial charge in [-0.2, -0.15) is 0 Å². The lowest BCUT2D eigenvalue weighted by Gasteiger charge is -2.44. The van der Waals surface area contributed by atoms with E-state index in [0.29, 0.717) is 22.4 Å². The first-order valence-electron chi connectivity index (χ1n) is 13.0. The Morgan fingerprint density at radius 2 is 1.00 bits per heavy atom. The highest BCUT2D eigenvalue weighted by Crippen LogP contribution is 2.37. The maximum Gasteiger partial charge on any atom is 0.176 e. The molecule has 0 amide bonds. The zero-order valence-electron chi connectivity index (χ0n) is 21.8. The minimum Gasteiger partial charge on any atom is -0.298 e. The molecule has 0 N–H and O–H groups in total. The number of halogens is 2. The van der Waals surface area contributed by atoms with Crippen LogP contribution in [0.2, 0.25) is 10.3 Å². The highest BCUT2D eigenvalue weighted by Gasteiger charge is 2.41. The molecule has 2 aromatic heterocycles. The second-order valence-electron chi connectivity index (χ2n) is 10.3. The van der Waals surface area contributed by atoms with Crippen LogP contribution in [0.25, 0.3) is 0 Å². The number of hydrogen-bond acceptors (Lipinski definition) is 7. The second kappa shape index (κ2) is 12.3. The Morgan fingerprint density at radius 3 is 1.31 bits per heavy atom. The van der Waals surface area contributed by atoms with Gasteiger partial charge in [0.1, 0.15) is 10.3 Å². The van der Waals surface area contributed by atoms with Crippen LogP contribution in [0.5, 0.6) is 0 Å². The smallest absolute Gasteiger partial charge is 0.176 e. The maximum absolute atomic E-state index is 14.7. The van der Waals surface area contributed by atoms with Gasteiger partial charge < -0.3 is 0 Å². The zero-order chi connectivity index (χ0) is 25.8. The molecular formula is C27H38Cl2N6O. The fourth-order valence-electron chi connectivity index (χ4n) is 5.44. The SMILES string of the molecule is CC(C)N1CCN(C(C(=O)C(c2cccnc2Cl)N2CCN(C(C)C)CC2)c2cccnc2Cl)CC1. The van der Waals surface area contributed by atoms with Crippen molar-refractivity contribution in [2.45, 2.75) is 51.9 Å². The molecule has 2 atom stereocenters. The Bertz CT molecular complexity index is 939. The van der Waals surface area contributed by atoms with Gasteiger partial charge in [-0.25, -0.2) is 9.97 Å². The van der Waals surface area contributed by atoms with Crippen molar-refractivity contribution in [2.24, 2.45) is 0 Å². The van der Waals surface area contributed by atoms with Gasteiger partial charge in [0.15, 0.2) is 5.78 Å². The van der Waals surface area contributed by atoms with Gasteiger partial charge in [0.2, 0.25) is 0 Å². The van der Waals surface area contributed by atoms with E-state index in [1.54, 1.807) is 12.4 Å². The van der Waals surface area contributed by atoms with Gasteiger partial charge in [-0.3, -0.25) is 24.4 Å². The fraction of sp³-hybridized carbons (Fsp3) is 0.593. The predicted octanol–water partition coefficient (Wildman–Crippen LogP) is 4.19. The van der Waals surface area contributed by atoms with Crippen LogP contribution in [-0.2, 0) is 4.79 Å². The van der Waals surface area contributed by atoms with Crippen molar-refractivity contribution in [1.29, 1.82) is 0 Å². The summed E-state index contributed by atoms with van der Waals surface area (Å²) in [6, 6.07) is 7.52. The number of rotatable bonds is 8. The monoisotopic (exact) mass is 532 g/mol. The first-order chi connectivity index (χ1) is 17.3. The summed E-state index contributed by atoms with van der Waals surface area (Å²) in [7, 11) is 0. The summed E-state index contributed by atoms with van der Waals surface area (Å²) in [4.78, 5) is 32.8. The predicted molar refractivity (Wildman–Crippen MR) is 146 cm³/mol. The fourth-order valence-corrected chi connectivity index (χ4v) is 5.88. The average Bonchev–Trinajstić information content (AvgIpc) is 2.87. The molecule has 7 nitrogen and oxygen atoms in total. The minimum absolute atomic E-state index is 0.0794. The van der Waals surface area contributed by atoms with Crippen LogP contribution in [0.1, 0.15) is 50.9 Å². The molecule has 36 heavy (non-hydrogen) atoms. The van der Waals surface area contributed by atoms with Gasteiger partial charge in [-0.05, 0) is 39.8 Å². The van der Waals surface area contributed by atoms with Crippen molar-refractivity contribution in [1.82, 2.24) is 29.6 Å². The molecule has 0 radical (unpaired) electrons. The summed E-state index contributed by atoms with van der Waals surface area (Å²) < 4.78 is 0. The summed E-state index contributed by atoms with van der Waals surface area (Å²) in [6.07, 6.45) is 3.34.